The zero-order chi connectivity index (χ0) is 13.0. The normalized spacial score (nSPS) is 30.4. The predicted molar refractivity (Wildman–Crippen MR) is 78.0 cm³/mol. The molecule has 0 aromatic rings. The molecule has 2 rings (SSSR count). The van der Waals surface area contributed by atoms with Gasteiger partial charge in [0.15, 0.2) is 0 Å². The predicted octanol–water partition coefficient (Wildman–Crippen LogP) is 2.26. The molecule has 1 heterocycles. The first-order chi connectivity index (χ1) is 8.70. The Morgan fingerprint density at radius 1 is 1.28 bits per heavy atom. The third-order valence-electron chi connectivity index (χ3n) is 4.23. The summed E-state index contributed by atoms with van der Waals surface area (Å²) < 4.78 is 0. The molecule has 0 spiro atoms. The van der Waals surface area contributed by atoms with Crippen LogP contribution < -0.4 is 5.32 Å². The number of nitrogens with zero attached hydrogens (tertiary/aromatic N) is 1. The molecule has 1 saturated carbocycles. The van der Waals surface area contributed by atoms with Crippen molar-refractivity contribution in [3.8, 4) is 0 Å². The van der Waals surface area contributed by atoms with Gasteiger partial charge >= 0.3 is 0 Å². The highest BCUT2D eigenvalue weighted by molar-refractivity contribution is 7.99. The molecule has 0 bridgehead atoms. The SMILES string of the molecule is CSC1CCCC(NC(C)C(=O)N2CCCC2)C1. The van der Waals surface area contributed by atoms with Crippen LogP contribution in [0.15, 0.2) is 0 Å². The molecule has 0 radical (unpaired) electrons. The summed E-state index contributed by atoms with van der Waals surface area (Å²) in [4.78, 5) is 14.2. The van der Waals surface area contributed by atoms with E-state index in [1.54, 1.807) is 0 Å². The van der Waals surface area contributed by atoms with E-state index in [2.05, 4.69) is 11.6 Å². The van der Waals surface area contributed by atoms with Gasteiger partial charge in [0.05, 0.1) is 6.04 Å². The summed E-state index contributed by atoms with van der Waals surface area (Å²) in [7, 11) is 0. The van der Waals surface area contributed by atoms with E-state index in [9.17, 15) is 4.79 Å². The molecule has 1 aliphatic heterocycles. The fraction of sp³-hybridized carbons (Fsp3) is 0.929. The molecular weight excluding hydrogens is 244 g/mol. The average Bonchev–Trinajstić information content (AvgIpc) is 2.92. The summed E-state index contributed by atoms with van der Waals surface area (Å²) in [5.41, 5.74) is 0. The van der Waals surface area contributed by atoms with Crippen molar-refractivity contribution in [2.45, 2.75) is 62.8 Å². The lowest BCUT2D eigenvalue weighted by atomic mass is 9.94. The van der Waals surface area contributed by atoms with Gasteiger partial charge in [-0.2, -0.15) is 11.8 Å². The van der Waals surface area contributed by atoms with E-state index in [1.807, 2.05) is 23.6 Å². The van der Waals surface area contributed by atoms with Crippen molar-refractivity contribution in [3.05, 3.63) is 0 Å². The van der Waals surface area contributed by atoms with Gasteiger partial charge in [-0.05, 0) is 45.3 Å². The molecule has 1 aliphatic carbocycles. The van der Waals surface area contributed by atoms with Crippen LogP contribution in [0, 0.1) is 0 Å². The zero-order valence-electron chi connectivity index (χ0n) is 11.7. The Hall–Kier alpha value is -0.220. The first-order valence-corrected chi connectivity index (χ1v) is 8.57. The van der Waals surface area contributed by atoms with E-state index in [1.165, 1.54) is 38.5 Å². The lowest BCUT2D eigenvalue weighted by molar-refractivity contribution is -0.132. The molecule has 104 valence electrons. The maximum atomic E-state index is 12.2. The Balaban J connectivity index is 1.78. The Morgan fingerprint density at radius 2 is 2.00 bits per heavy atom. The van der Waals surface area contributed by atoms with Crippen molar-refractivity contribution in [2.75, 3.05) is 19.3 Å². The van der Waals surface area contributed by atoms with Crippen LogP contribution in [0.4, 0.5) is 0 Å². The van der Waals surface area contributed by atoms with Crippen molar-refractivity contribution in [1.82, 2.24) is 10.2 Å². The standard InChI is InChI=1S/C14H26N2OS/c1-11(14(17)16-8-3-4-9-16)15-12-6-5-7-13(10-12)18-2/h11-13,15H,3-10H2,1-2H3. The Morgan fingerprint density at radius 3 is 2.67 bits per heavy atom. The molecule has 2 fully saturated rings. The van der Waals surface area contributed by atoms with Gasteiger partial charge in [0.2, 0.25) is 5.91 Å². The topological polar surface area (TPSA) is 32.3 Å². The Kier molecular flexibility index (Phi) is 5.37. The van der Waals surface area contributed by atoms with Gasteiger partial charge in [-0.25, -0.2) is 0 Å². The van der Waals surface area contributed by atoms with Crippen LogP contribution in [0.25, 0.3) is 0 Å². The van der Waals surface area contributed by atoms with E-state index in [0.29, 0.717) is 11.9 Å². The number of likely N-dealkylation sites (tertiary alicyclic amines) is 1. The number of rotatable bonds is 4. The smallest absolute Gasteiger partial charge is 0.239 e. The van der Waals surface area contributed by atoms with E-state index >= 15 is 0 Å². The number of hydrogen-bond acceptors (Lipinski definition) is 3. The molecule has 18 heavy (non-hydrogen) atoms. The molecule has 3 nitrogen and oxygen atoms in total. The highest BCUT2D eigenvalue weighted by Crippen LogP contribution is 2.27. The van der Waals surface area contributed by atoms with Crippen LogP contribution in [0.1, 0.15) is 45.4 Å². The quantitative estimate of drug-likeness (QED) is 0.850. The third-order valence-corrected chi connectivity index (χ3v) is 5.33. The number of thioether (sulfide) groups is 1. The summed E-state index contributed by atoms with van der Waals surface area (Å²) in [6.45, 7) is 3.95. The van der Waals surface area contributed by atoms with Crippen molar-refractivity contribution in [1.29, 1.82) is 0 Å². The summed E-state index contributed by atoms with van der Waals surface area (Å²) in [5.74, 6) is 0.304. The Bertz CT molecular complexity index is 279. The largest absolute Gasteiger partial charge is 0.341 e. The molecular formula is C14H26N2OS. The van der Waals surface area contributed by atoms with Crippen LogP contribution in [-0.4, -0.2) is 47.5 Å². The first kappa shape index (κ1) is 14.2. The molecule has 2 aliphatic rings. The van der Waals surface area contributed by atoms with E-state index in [4.69, 9.17) is 0 Å². The van der Waals surface area contributed by atoms with Crippen molar-refractivity contribution >= 4 is 17.7 Å². The molecule has 0 aromatic heterocycles. The minimum Gasteiger partial charge on any atom is -0.341 e. The minimum atomic E-state index is -0.00583. The van der Waals surface area contributed by atoms with Crippen molar-refractivity contribution in [2.24, 2.45) is 0 Å². The number of nitrogens with one attached hydrogen (secondary N) is 1. The summed E-state index contributed by atoms with van der Waals surface area (Å²) >= 11 is 1.97. The zero-order valence-corrected chi connectivity index (χ0v) is 12.5. The molecule has 1 amide bonds. The summed E-state index contributed by atoms with van der Waals surface area (Å²) in [5, 5.41) is 4.34. The lowest BCUT2D eigenvalue weighted by Crippen LogP contribution is -2.49. The summed E-state index contributed by atoms with van der Waals surface area (Å²) in [6.07, 6.45) is 9.65. The molecule has 4 heteroatoms. The van der Waals surface area contributed by atoms with Crippen molar-refractivity contribution < 1.29 is 4.79 Å². The van der Waals surface area contributed by atoms with E-state index in [0.717, 1.165) is 18.3 Å². The second-order valence-corrected chi connectivity index (χ2v) is 6.78. The highest BCUT2D eigenvalue weighted by atomic mass is 32.2. The second kappa shape index (κ2) is 6.80. The van der Waals surface area contributed by atoms with Crippen LogP contribution >= 0.6 is 11.8 Å². The number of carbonyl (C=O) groups is 1. The van der Waals surface area contributed by atoms with Gasteiger partial charge in [0, 0.05) is 24.4 Å². The number of carbonyl (C=O) groups excluding carboxylic acids is 1. The highest BCUT2D eigenvalue weighted by Gasteiger charge is 2.27. The molecule has 1 N–H and O–H groups in total. The molecule has 0 aromatic carbocycles. The minimum absolute atomic E-state index is 0.00583. The lowest BCUT2D eigenvalue weighted by Gasteiger charge is -2.31. The van der Waals surface area contributed by atoms with Gasteiger partial charge in [0.1, 0.15) is 0 Å². The van der Waals surface area contributed by atoms with Gasteiger partial charge in [-0.1, -0.05) is 6.42 Å². The van der Waals surface area contributed by atoms with Gasteiger partial charge in [-0.3, -0.25) is 4.79 Å². The van der Waals surface area contributed by atoms with E-state index < -0.39 is 0 Å². The third kappa shape index (κ3) is 3.64. The van der Waals surface area contributed by atoms with Gasteiger partial charge < -0.3 is 10.2 Å². The second-order valence-electron chi connectivity index (χ2n) is 5.64. The number of amides is 1. The molecule has 3 atom stereocenters. The van der Waals surface area contributed by atoms with Crippen LogP contribution in [-0.2, 0) is 4.79 Å². The molecule has 1 saturated heterocycles. The fourth-order valence-electron chi connectivity index (χ4n) is 3.15. The monoisotopic (exact) mass is 270 g/mol. The van der Waals surface area contributed by atoms with Crippen LogP contribution in [0.3, 0.4) is 0 Å². The van der Waals surface area contributed by atoms with E-state index in [-0.39, 0.29) is 6.04 Å². The average molecular weight is 270 g/mol. The van der Waals surface area contributed by atoms with Gasteiger partial charge in [-0.15, -0.1) is 0 Å². The van der Waals surface area contributed by atoms with Crippen molar-refractivity contribution in [3.63, 3.8) is 0 Å². The maximum Gasteiger partial charge on any atom is 0.239 e. The Labute approximate surface area is 115 Å². The fourth-order valence-corrected chi connectivity index (χ4v) is 3.97. The number of hydrogen-bond donors (Lipinski definition) is 1. The van der Waals surface area contributed by atoms with Crippen LogP contribution in [0.5, 0.6) is 0 Å². The van der Waals surface area contributed by atoms with Gasteiger partial charge in [0.25, 0.3) is 0 Å². The maximum absolute atomic E-state index is 12.2. The molecule has 3 unspecified atom stereocenters. The van der Waals surface area contributed by atoms with Crippen LogP contribution in [0.2, 0.25) is 0 Å². The summed E-state index contributed by atoms with van der Waals surface area (Å²) in [6, 6.07) is 0.534. The first-order valence-electron chi connectivity index (χ1n) is 7.28.